The summed E-state index contributed by atoms with van der Waals surface area (Å²) in [6.45, 7) is 1.51. The van der Waals surface area contributed by atoms with Crippen LogP contribution in [0.5, 0.6) is 0 Å². The van der Waals surface area contributed by atoms with Gasteiger partial charge in [-0.15, -0.1) is 0 Å². The topological polar surface area (TPSA) is 78.5 Å². The Labute approximate surface area is 87.3 Å². The first-order valence-corrected chi connectivity index (χ1v) is 4.54. The van der Waals surface area contributed by atoms with Crippen molar-refractivity contribution in [2.45, 2.75) is 13.1 Å². The molecule has 1 atom stereocenters. The summed E-state index contributed by atoms with van der Waals surface area (Å²) in [6, 6.07) is 0. The van der Waals surface area contributed by atoms with Gasteiger partial charge < -0.3 is 10.6 Å². The maximum Gasteiger partial charge on any atom is 0.254 e. The van der Waals surface area contributed by atoms with Gasteiger partial charge in [-0.05, 0) is 14.0 Å². The van der Waals surface area contributed by atoms with Gasteiger partial charge in [0.2, 0.25) is 5.91 Å². The average Bonchev–Trinajstić information content (AvgIpc) is 2.49. The largest absolute Gasteiger partial charge is 0.340 e. The minimum Gasteiger partial charge on any atom is -0.340 e. The summed E-state index contributed by atoms with van der Waals surface area (Å²) in [5, 5.41) is 5.38. The number of imide groups is 1. The molecule has 0 aromatic heterocycles. The molecule has 0 aliphatic carbocycles. The maximum atomic E-state index is 11.3. The van der Waals surface area contributed by atoms with Crippen molar-refractivity contribution in [3.63, 3.8) is 0 Å². The van der Waals surface area contributed by atoms with Gasteiger partial charge in [0.1, 0.15) is 6.54 Å². The summed E-state index contributed by atoms with van der Waals surface area (Å²) < 4.78 is 0. The maximum absolute atomic E-state index is 11.3. The van der Waals surface area contributed by atoms with E-state index in [4.69, 9.17) is 0 Å². The van der Waals surface area contributed by atoms with E-state index in [1.807, 2.05) is 0 Å². The first-order chi connectivity index (χ1) is 7.04. The molecule has 1 heterocycles. The fourth-order valence-corrected chi connectivity index (χ4v) is 1.09. The summed E-state index contributed by atoms with van der Waals surface area (Å²) in [4.78, 5) is 34.4. The van der Waals surface area contributed by atoms with Crippen molar-refractivity contribution in [2.75, 3.05) is 13.6 Å². The number of nitrogens with zero attached hydrogens (tertiary/aromatic N) is 1. The first kappa shape index (κ1) is 11.4. The number of nitrogens with one attached hydrogen (secondary N) is 2. The standard InChI is InChI=1S/C9H13N3O3/c1-6(10-2)11-7(13)5-12-8(14)3-4-9(12)15/h3-4,6,10H,5H2,1-2H3,(H,11,13). The van der Waals surface area contributed by atoms with E-state index < -0.39 is 11.8 Å². The summed E-state index contributed by atoms with van der Waals surface area (Å²) in [5.74, 6) is -1.28. The van der Waals surface area contributed by atoms with Gasteiger partial charge >= 0.3 is 0 Å². The highest BCUT2D eigenvalue weighted by molar-refractivity contribution is 6.14. The van der Waals surface area contributed by atoms with Gasteiger partial charge in [-0.2, -0.15) is 0 Å². The zero-order valence-electron chi connectivity index (χ0n) is 8.61. The molecule has 82 valence electrons. The summed E-state index contributed by atoms with van der Waals surface area (Å²) in [6.07, 6.45) is 2.10. The lowest BCUT2D eigenvalue weighted by molar-refractivity contribution is -0.141. The third kappa shape index (κ3) is 2.88. The third-order valence-corrected chi connectivity index (χ3v) is 2.01. The fraction of sp³-hybridized carbons (Fsp3) is 0.444. The van der Waals surface area contributed by atoms with Crippen LogP contribution in [0.15, 0.2) is 12.2 Å². The second-order valence-electron chi connectivity index (χ2n) is 3.17. The van der Waals surface area contributed by atoms with Crippen LogP contribution in [0, 0.1) is 0 Å². The van der Waals surface area contributed by atoms with Crippen LogP contribution in [0.1, 0.15) is 6.92 Å². The van der Waals surface area contributed by atoms with Crippen molar-refractivity contribution in [3.05, 3.63) is 12.2 Å². The van der Waals surface area contributed by atoms with Gasteiger partial charge in [-0.25, -0.2) is 0 Å². The highest BCUT2D eigenvalue weighted by Gasteiger charge is 2.25. The molecule has 1 aliphatic rings. The van der Waals surface area contributed by atoms with Gasteiger partial charge in [-0.1, -0.05) is 0 Å². The molecule has 0 saturated heterocycles. The van der Waals surface area contributed by atoms with Crippen LogP contribution in [0.2, 0.25) is 0 Å². The second-order valence-corrected chi connectivity index (χ2v) is 3.17. The molecule has 1 aliphatic heterocycles. The van der Waals surface area contributed by atoms with Crippen molar-refractivity contribution in [1.29, 1.82) is 0 Å². The lowest BCUT2D eigenvalue weighted by Gasteiger charge is -2.16. The molecule has 0 fully saturated rings. The fourth-order valence-electron chi connectivity index (χ4n) is 1.09. The summed E-state index contributed by atoms with van der Waals surface area (Å²) in [5.41, 5.74) is 0. The van der Waals surface area contributed by atoms with E-state index in [9.17, 15) is 14.4 Å². The van der Waals surface area contributed by atoms with E-state index in [-0.39, 0.29) is 18.6 Å². The molecule has 6 nitrogen and oxygen atoms in total. The average molecular weight is 211 g/mol. The number of carbonyl (C=O) groups excluding carboxylic acids is 3. The monoisotopic (exact) mass is 211 g/mol. The van der Waals surface area contributed by atoms with Gasteiger partial charge in [-0.3, -0.25) is 19.3 Å². The molecule has 3 amide bonds. The Kier molecular flexibility index (Phi) is 3.56. The molecule has 2 N–H and O–H groups in total. The predicted molar refractivity (Wildman–Crippen MR) is 52.5 cm³/mol. The second kappa shape index (κ2) is 4.70. The number of hydrogen-bond donors (Lipinski definition) is 2. The van der Waals surface area contributed by atoms with Crippen LogP contribution in [-0.2, 0) is 14.4 Å². The smallest absolute Gasteiger partial charge is 0.254 e. The number of rotatable bonds is 4. The normalized spacial score (nSPS) is 17.1. The third-order valence-electron chi connectivity index (χ3n) is 2.01. The van der Waals surface area contributed by atoms with Gasteiger partial charge in [0.05, 0.1) is 6.17 Å². The Morgan fingerprint density at radius 1 is 1.40 bits per heavy atom. The molecule has 1 unspecified atom stereocenters. The zero-order chi connectivity index (χ0) is 11.4. The SMILES string of the molecule is CNC(C)NC(=O)CN1C(=O)C=CC1=O. The van der Waals surface area contributed by atoms with Crippen molar-refractivity contribution >= 4 is 17.7 Å². The first-order valence-electron chi connectivity index (χ1n) is 4.54. The molecule has 0 radical (unpaired) electrons. The van der Waals surface area contributed by atoms with Crippen molar-refractivity contribution in [2.24, 2.45) is 0 Å². The van der Waals surface area contributed by atoms with Crippen molar-refractivity contribution < 1.29 is 14.4 Å². The Hall–Kier alpha value is -1.69. The molecular formula is C9H13N3O3. The van der Waals surface area contributed by atoms with Crippen molar-refractivity contribution in [3.8, 4) is 0 Å². The molecule has 1 rings (SSSR count). The lowest BCUT2D eigenvalue weighted by Crippen LogP contribution is -2.47. The number of hydrogen-bond acceptors (Lipinski definition) is 4. The number of amides is 3. The van der Waals surface area contributed by atoms with Crippen LogP contribution < -0.4 is 10.6 Å². The molecule has 0 aromatic carbocycles. The number of carbonyl (C=O) groups is 3. The molecule has 0 aromatic rings. The van der Waals surface area contributed by atoms with E-state index in [1.165, 1.54) is 0 Å². The van der Waals surface area contributed by atoms with Crippen LogP contribution >= 0.6 is 0 Å². The summed E-state index contributed by atoms with van der Waals surface area (Å²) >= 11 is 0. The van der Waals surface area contributed by atoms with E-state index in [2.05, 4.69) is 10.6 Å². The van der Waals surface area contributed by atoms with Crippen LogP contribution in [0.3, 0.4) is 0 Å². The summed E-state index contributed by atoms with van der Waals surface area (Å²) in [7, 11) is 1.69. The minimum absolute atomic E-state index is 0.196. The molecule has 0 saturated carbocycles. The van der Waals surface area contributed by atoms with Crippen LogP contribution in [-0.4, -0.2) is 42.4 Å². The highest BCUT2D eigenvalue weighted by Crippen LogP contribution is 2.02. The van der Waals surface area contributed by atoms with Crippen LogP contribution in [0.25, 0.3) is 0 Å². The Bertz CT molecular complexity index is 307. The molecule has 15 heavy (non-hydrogen) atoms. The van der Waals surface area contributed by atoms with E-state index in [0.717, 1.165) is 17.1 Å². The highest BCUT2D eigenvalue weighted by atomic mass is 16.2. The molecule has 6 heteroatoms. The lowest BCUT2D eigenvalue weighted by atomic mass is 10.4. The Balaban J connectivity index is 2.45. The van der Waals surface area contributed by atoms with Gasteiger partial charge in [0.25, 0.3) is 11.8 Å². The molecule has 0 bridgehead atoms. The molecular weight excluding hydrogens is 198 g/mol. The molecule has 0 spiro atoms. The predicted octanol–water partition coefficient (Wildman–Crippen LogP) is -1.41. The quantitative estimate of drug-likeness (QED) is 0.442. The Morgan fingerprint density at radius 3 is 2.40 bits per heavy atom. The van der Waals surface area contributed by atoms with Gasteiger partial charge in [0.15, 0.2) is 0 Å². The Morgan fingerprint density at radius 2 is 1.93 bits per heavy atom. The van der Waals surface area contributed by atoms with E-state index >= 15 is 0 Å². The van der Waals surface area contributed by atoms with E-state index in [0.29, 0.717) is 0 Å². The van der Waals surface area contributed by atoms with Gasteiger partial charge in [0, 0.05) is 12.2 Å². The van der Waals surface area contributed by atoms with Crippen molar-refractivity contribution in [1.82, 2.24) is 15.5 Å². The van der Waals surface area contributed by atoms with E-state index in [1.54, 1.807) is 14.0 Å². The minimum atomic E-state index is -0.452. The zero-order valence-corrected chi connectivity index (χ0v) is 8.61. The van der Waals surface area contributed by atoms with Crippen LogP contribution in [0.4, 0.5) is 0 Å².